The molecule has 1 aliphatic carbocycles. The van der Waals surface area contributed by atoms with Crippen LogP contribution in [0.1, 0.15) is 39.0 Å². The highest BCUT2D eigenvalue weighted by atomic mass is 32.2. The maximum Gasteiger partial charge on any atom is 0.321 e. The van der Waals surface area contributed by atoms with Gasteiger partial charge in [0.05, 0.1) is 11.0 Å². The van der Waals surface area contributed by atoms with Crippen LogP contribution in [0.5, 0.6) is 0 Å². The number of carboxylic acid groups (broad SMARTS) is 1. The molecule has 104 valence electrons. The lowest BCUT2D eigenvalue weighted by atomic mass is 9.83. The smallest absolute Gasteiger partial charge is 0.321 e. The Morgan fingerprint density at radius 3 is 2.72 bits per heavy atom. The van der Waals surface area contributed by atoms with Crippen LogP contribution >= 0.6 is 0 Å². The highest BCUT2D eigenvalue weighted by Gasteiger charge is 2.46. The number of nitrogens with one attached hydrogen (secondary N) is 1. The number of carbonyl (C=O) groups is 1. The fourth-order valence-electron chi connectivity index (χ4n) is 3.27. The summed E-state index contributed by atoms with van der Waals surface area (Å²) in [5, 5.41) is 11.6. The number of hydrogen-bond donors (Lipinski definition) is 2. The molecule has 4 atom stereocenters. The SMILES string of the molecule is CCCC1CCC2NC(C(=O)O)CS(=O)(=O)C2C1. The summed E-state index contributed by atoms with van der Waals surface area (Å²) in [5.74, 6) is -0.843. The van der Waals surface area contributed by atoms with E-state index < -0.39 is 21.8 Å². The normalized spacial score (nSPS) is 38.9. The van der Waals surface area contributed by atoms with E-state index in [-0.39, 0.29) is 17.0 Å². The zero-order chi connectivity index (χ0) is 13.3. The highest BCUT2D eigenvalue weighted by Crippen LogP contribution is 2.34. The predicted octanol–water partition coefficient (Wildman–Crippen LogP) is 0.795. The monoisotopic (exact) mass is 275 g/mol. The Labute approximate surface area is 108 Å². The lowest BCUT2D eigenvalue weighted by Gasteiger charge is -2.41. The average molecular weight is 275 g/mol. The molecule has 0 aromatic carbocycles. The van der Waals surface area contributed by atoms with Crippen molar-refractivity contribution in [3.05, 3.63) is 0 Å². The molecular formula is C12H21NO4S. The number of fused-ring (bicyclic) bond motifs is 1. The molecule has 0 bridgehead atoms. The van der Waals surface area contributed by atoms with Gasteiger partial charge in [0.2, 0.25) is 0 Å². The van der Waals surface area contributed by atoms with E-state index in [4.69, 9.17) is 5.11 Å². The van der Waals surface area contributed by atoms with Gasteiger partial charge in [0.1, 0.15) is 6.04 Å². The zero-order valence-corrected chi connectivity index (χ0v) is 11.4. The Morgan fingerprint density at radius 2 is 2.11 bits per heavy atom. The van der Waals surface area contributed by atoms with Gasteiger partial charge >= 0.3 is 5.97 Å². The van der Waals surface area contributed by atoms with E-state index in [1.54, 1.807) is 0 Å². The highest BCUT2D eigenvalue weighted by molar-refractivity contribution is 7.92. The molecule has 0 radical (unpaired) electrons. The second-order valence-corrected chi connectivity index (χ2v) is 7.76. The van der Waals surface area contributed by atoms with Crippen LogP contribution in [0.2, 0.25) is 0 Å². The van der Waals surface area contributed by atoms with Gasteiger partial charge in [-0.3, -0.25) is 10.1 Å². The van der Waals surface area contributed by atoms with Crippen molar-refractivity contribution in [2.75, 3.05) is 5.75 Å². The number of carboxylic acids is 1. The first-order chi connectivity index (χ1) is 8.44. The quantitative estimate of drug-likeness (QED) is 0.796. The fourth-order valence-corrected chi connectivity index (χ4v) is 5.51. The first-order valence-electron chi connectivity index (χ1n) is 6.64. The summed E-state index contributed by atoms with van der Waals surface area (Å²) in [6.45, 7) is 2.11. The summed E-state index contributed by atoms with van der Waals surface area (Å²) in [7, 11) is -3.27. The standard InChI is InChI=1S/C12H21NO4S/c1-2-3-8-4-5-9-11(6-8)18(16,17)7-10(13-9)12(14)15/h8-11,13H,2-7H2,1H3,(H,14,15). The molecule has 1 saturated heterocycles. The minimum atomic E-state index is -3.27. The van der Waals surface area contributed by atoms with Crippen LogP contribution in [0.3, 0.4) is 0 Å². The summed E-state index contributed by atoms with van der Waals surface area (Å²) in [4.78, 5) is 11.0. The molecule has 0 spiro atoms. The van der Waals surface area contributed by atoms with Crippen LogP contribution in [0, 0.1) is 5.92 Å². The van der Waals surface area contributed by atoms with E-state index >= 15 is 0 Å². The Kier molecular flexibility index (Phi) is 3.96. The molecule has 0 aromatic rings. The largest absolute Gasteiger partial charge is 0.480 e. The summed E-state index contributed by atoms with van der Waals surface area (Å²) >= 11 is 0. The van der Waals surface area contributed by atoms with Crippen LogP contribution < -0.4 is 5.32 Å². The van der Waals surface area contributed by atoms with E-state index in [1.165, 1.54) is 0 Å². The predicted molar refractivity (Wildman–Crippen MR) is 68.2 cm³/mol. The van der Waals surface area contributed by atoms with E-state index in [0.717, 1.165) is 25.7 Å². The second kappa shape index (κ2) is 5.17. The van der Waals surface area contributed by atoms with Gasteiger partial charge in [-0.25, -0.2) is 8.42 Å². The third-order valence-corrected chi connectivity index (χ3v) is 6.41. The van der Waals surface area contributed by atoms with E-state index in [9.17, 15) is 13.2 Å². The van der Waals surface area contributed by atoms with E-state index in [1.807, 2.05) is 0 Å². The van der Waals surface area contributed by atoms with Crippen molar-refractivity contribution in [3.63, 3.8) is 0 Å². The van der Waals surface area contributed by atoms with Crippen LogP contribution in [-0.2, 0) is 14.6 Å². The molecular weight excluding hydrogens is 254 g/mol. The van der Waals surface area contributed by atoms with Crippen molar-refractivity contribution >= 4 is 15.8 Å². The Balaban J connectivity index is 2.13. The first-order valence-corrected chi connectivity index (χ1v) is 8.36. The van der Waals surface area contributed by atoms with Crippen LogP contribution in [0.4, 0.5) is 0 Å². The lowest BCUT2D eigenvalue weighted by molar-refractivity contribution is -0.139. The summed E-state index contributed by atoms with van der Waals surface area (Å²) in [6, 6.07) is -1.10. The van der Waals surface area contributed by atoms with Crippen LogP contribution in [-0.4, -0.2) is 42.6 Å². The summed E-state index contributed by atoms with van der Waals surface area (Å²) < 4.78 is 24.4. The second-order valence-electron chi connectivity index (χ2n) is 5.50. The maximum absolute atomic E-state index is 12.2. The molecule has 6 heteroatoms. The lowest BCUT2D eigenvalue weighted by Crippen LogP contribution is -2.61. The van der Waals surface area contributed by atoms with Gasteiger partial charge < -0.3 is 5.11 Å². The Bertz CT molecular complexity index is 420. The third-order valence-electron chi connectivity index (χ3n) is 4.17. The first kappa shape index (κ1) is 13.8. The molecule has 0 aromatic heterocycles. The van der Waals surface area contributed by atoms with Gasteiger partial charge in [-0.1, -0.05) is 19.8 Å². The summed E-state index contributed by atoms with van der Waals surface area (Å²) in [6.07, 6.45) is 4.62. The number of aliphatic carboxylic acids is 1. The van der Waals surface area contributed by atoms with Gasteiger partial charge in [-0.2, -0.15) is 0 Å². The third kappa shape index (κ3) is 2.69. The minimum Gasteiger partial charge on any atom is -0.480 e. The van der Waals surface area contributed by atoms with Crippen molar-refractivity contribution in [1.82, 2.24) is 5.32 Å². The number of rotatable bonds is 3. The molecule has 1 aliphatic heterocycles. The van der Waals surface area contributed by atoms with Gasteiger partial charge in [0, 0.05) is 6.04 Å². The molecule has 1 saturated carbocycles. The topological polar surface area (TPSA) is 83.5 Å². The van der Waals surface area contributed by atoms with Crippen molar-refractivity contribution < 1.29 is 18.3 Å². The molecule has 18 heavy (non-hydrogen) atoms. The average Bonchev–Trinajstić information content (AvgIpc) is 2.29. The minimum absolute atomic E-state index is 0.169. The molecule has 4 unspecified atom stereocenters. The molecule has 2 aliphatic rings. The van der Waals surface area contributed by atoms with Crippen molar-refractivity contribution in [3.8, 4) is 0 Å². The van der Waals surface area contributed by atoms with Gasteiger partial charge in [-0.05, 0) is 25.2 Å². The molecule has 2 N–H and O–H groups in total. The number of sulfone groups is 1. The molecule has 2 fully saturated rings. The molecule has 2 rings (SSSR count). The Morgan fingerprint density at radius 1 is 1.39 bits per heavy atom. The Hall–Kier alpha value is -0.620. The zero-order valence-electron chi connectivity index (χ0n) is 10.6. The molecule has 5 nitrogen and oxygen atoms in total. The fraction of sp³-hybridized carbons (Fsp3) is 0.917. The summed E-state index contributed by atoms with van der Waals surface area (Å²) in [5.41, 5.74) is 0. The van der Waals surface area contributed by atoms with E-state index in [0.29, 0.717) is 12.3 Å². The van der Waals surface area contributed by atoms with Gasteiger partial charge in [-0.15, -0.1) is 0 Å². The molecule has 1 heterocycles. The van der Waals surface area contributed by atoms with Gasteiger partial charge in [0.15, 0.2) is 9.84 Å². The van der Waals surface area contributed by atoms with Crippen molar-refractivity contribution in [2.24, 2.45) is 5.92 Å². The van der Waals surface area contributed by atoms with E-state index in [2.05, 4.69) is 12.2 Å². The van der Waals surface area contributed by atoms with Gasteiger partial charge in [0.25, 0.3) is 0 Å². The van der Waals surface area contributed by atoms with Crippen LogP contribution in [0.15, 0.2) is 0 Å². The molecule has 0 amide bonds. The maximum atomic E-state index is 12.2. The van der Waals surface area contributed by atoms with Crippen LogP contribution in [0.25, 0.3) is 0 Å². The number of hydrogen-bond acceptors (Lipinski definition) is 4. The van der Waals surface area contributed by atoms with Crippen molar-refractivity contribution in [1.29, 1.82) is 0 Å². The van der Waals surface area contributed by atoms with Crippen molar-refractivity contribution in [2.45, 2.75) is 56.4 Å².